The molecule has 0 heterocycles. The number of nitrogens with zero attached hydrogens (tertiary/aromatic N) is 1. The van der Waals surface area contributed by atoms with Gasteiger partial charge in [0, 0.05) is 26.1 Å². The summed E-state index contributed by atoms with van der Waals surface area (Å²) < 4.78 is 0. The van der Waals surface area contributed by atoms with Gasteiger partial charge in [0.2, 0.25) is 0 Å². The Morgan fingerprint density at radius 2 is 1.79 bits per heavy atom. The number of rotatable bonds is 9. The van der Waals surface area contributed by atoms with Crippen LogP contribution >= 0.6 is 0 Å². The minimum Gasteiger partial charge on any atom is -0.479 e. The van der Waals surface area contributed by atoms with Crippen LogP contribution in [0.5, 0.6) is 0 Å². The molecule has 0 aromatic carbocycles. The molecule has 0 unspecified atom stereocenters. The summed E-state index contributed by atoms with van der Waals surface area (Å²) in [6.45, 7) is 7.59. The number of aliphatic hydroxyl groups is 1. The number of aliphatic carboxylic acids is 1. The number of carbonyl (C=O) groups is 2. The third kappa shape index (κ3) is 7.00. The molecule has 0 aliphatic carbocycles. The molecule has 6 heteroatoms. The van der Waals surface area contributed by atoms with Gasteiger partial charge in [0.05, 0.1) is 0 Å². The maximum atomic E-state index is 11.9. The Balaban J connectivity index is 4.11. The maximum Gasteiger partial charge on any atom is 0.332 e. The van der Waals surface area contributed by atoms with Crippen LogP contribution in [0.4, 0.5) is 4.79 Å². The van der Waals surface area contributed by atoms with Crippen LogP contribution < -0.4 is 5.32 Å². The van der Waals surface area contributed by atoms with Crippen LogP contribution in [-0.2, 0) is 4.79 Å². The maximum absolute atomic E-state index is 11.9. The second kappa shape index (κ2) is 9.61. The summed E-state index contributed by atoms with van der Waals surface area (Å²) in [7, 11) is 0. The smallest absolute Gasteiger partial charge is 0.332 e. The van der Waals surface area contributed by atoms with Crippen LogP contribution in [0.1, 0.15) is 40.0 Å². The molecule has 0 fully saturated rings. The summed E-state index contributed by atoms with van der Waals surface area (Å²) in [5.41, 5.74) is 0. The van der Waals surface area contributed by atoms with Gasteiger partial charge in [-0.15, -0.1) is 0 Å². The number of carboxylic acid groups (broad SMARTS) is 1. The monoisotopic (exact) mass is 274 g/mol. The predicted molar refractivity (Wildman–Crippen MR) is 73.0 cm³/mol. The largest absolute Gasteiger partial charge is 0.479 e. The van der Waals surface area contributed by atoms with Gasteiger partial charge in [-0.1, -0.05) is 26.7 Å². The van der Waals surface area contributed by atoms with Gasteiger partial charge in [0.25, 0.3) is 0 Å². The van der Waals surface area contributed by atoms with Crippen molar-refractivity contribution in [3.8, 4) is 0 Å². The molecular formula is C13H26N2O4. The summed E-state index contributed by atoms with van der Waals surface area (Å²) in [6.07, 6.45) is 0.647. The van der Waals surface area contributed by atoms with Crippen molar-refractivity contribution in [3.05, 3.63) is 0 Å². The van der Waals surface area contributed by atoms with Crippen molar-refractivity contribution in [1.82, 2.24) is 10.2 Å². The topological polar surface area (TPSA) is 89.9 Å². The first-order valence-corrected chi connectivity index (χ1v) is 6.89. The molecule has 0 rings (SSSR count). The highest BCUT2D eigenvalue weighted by molar-refractivity contribution is 5.74. The van der Waals surface area contributed by atoms with Crippen molar-refractivity contribution >= 4 is 12.0 Å². The van der Waals surface area contributed by atoms with E-state index in [0.29, 0.717) is 19.0 Å². The number of carboxylic acids is 1. The zero-order valence-electron chi connectivity index (χ0n) is 12.1. The lowest BCUT2D eigenvalue weighted by atomic mass is 10.0. The lowest BCUT2D eigenvalue weighted by molar-refractivity contribution is -0.146. The number of hydrogen-bond donors (Lipinski definition) is 3. The molecule has 0 aliphatic heterocycles. The Kier molecular flexibility index (Phi) is 8.95. The number of amides is 2. The molecule has 112 valence electrons. The average Bonchev–Trinajstić information content (AvgIpc) is 2.39. The first kappa shape index (κ1) is 17.7. The van der Waals surface area contributed by atoms with E-state index in [0.717, 1.165) is 12.8 Å². The summed E-state index contributed by atoms with van der Waals surface area (Å²) in [5, 5.41) is 20.2. The zero-order valence-corrected chi connectivity index (χ0v) is 12.1. The molecule has 0 saturated carbocycles. The fourth-order valence-electron chi connectivity index (χ4n) is 1.77. The van der Waals surface area contributed by atoms with Crippen LogP contribution in [0, 0.1) is 5.92 Å². The van der Waals surface area contributed by atoms with Gasteiger partial charge in [-0.2, -0.15) is 0 Å². The van der Waals surface area contributed by atoms with Crippen molar-refractivity contribution in [2.45, 2.75) is 46.1 Å². The minimum atomic E-state index is -1.42. The lowest BCUT2D eigenvalue weighted by Crippen LogP contribution is -2.43. The third-order valence-electron chi connectivity index (χ3n) is 3.28. The molecule has 2 amide bonds. The second-order valence-corrected chi connectivity index (χ2v) is 4.60. The SMILES string of the molecule is CCC(CC)CN(CC)C(=O)NCC[C@H](O)C(=O)O. The van der Waals surface area contributed by atoms with Crippen LogP contribution in [0.15, 0.2) is 0 Å². The van der Waals surface area contributed by atoms with Gasteiger partial charge in [-0.05, 0) is 12.8 Å². The van der Waals surface area contributed by atoms with E-state index >= 15 is 0 Å². The Morgan fingerprint density at radius 1 is 1.21 bits per heavy atom. The normalized spacial score (nSPS) is 12.3. The van der Waals surface area contributed by atoms with Gasteiger partial charge in [-0.3, -0.25) is 0 Å². The Hall–Kier alpha value is -1.30. The number of carbonyl (C=O) groups excluding carboxylic acids is 1. The van der Waals surface area contributed by atoms with Crippen molar-refractivity contribution in [1.29, 1.82) is 0 Å². The molecule has 0 aliphatic rings. The molecule has 0 radical (unpaired) electrons. The van der Waals surface area contributed by atoms with Gasteiger partial charge < -0.3 is 20.4 Å². The van der Waals surface area contributed by atoms with E-state index in [1.807, 2.05) is 6.92 Å². The van der Waals surface area contributed by atoms with Crippen LogP contribution in [-0.4, -0.2) is 52.9 Å². The molecule has 3 N–H and O–H groups in total. The first-order chi connectivity index (χ1) is 8.96. The van der Waals surface area contributed by atoms with Crippen LogP contribution in [0.25, 0.3) is 0 Å². The molecule has 1 atom stereocenters. The molecule has 0 aromatic heterocycles. The molecule has 19 heavy (non-hydrogen) atoms. The fourth-order valence-corrected chi connectivity index (χ4v) is 1.77. The highest BCUT2D eigenvalue weighted by atomic mass is 16.4. The molecular weight excluding hydrogens is 248 g/mol. The van der Waals surface area contributed by atoms with E-state index in [1.165, 1.54) is 0 Å². The van der Waals surface area contributed by atoms with Crippen molar-refractivity contribution in [3.63, 3.8) is 0 Å². The summed E-state index contributed by atoms with van der Waals surface area (Å²) in [5.74, 6) is -0.783. The Morgan fingerprint density at radius 3 is 2.21 bits per heavy atom. The van der Waals surface area contributed by atoms with E-state index < -0.39 is 12.1 Å². The van der Waals surface area contributed by atoms with Crippen molar-refractivity contribution < 1.29 is 19.8 Å². The standard InChI is InChI=1S/C13H26N2O4/c1-4-10(5-2)9-15(6-3)13(19)14-8-7-11(16)12(17)18/h10-11,16H,4-9H2,1-3H3,(H,14,19)(H,17,18)/t11-/m0/s1. The van der Waals surface area contributed by atoms with Gasteiger partial charge in [0.15, 0.2) is 6.10 Å². The second-order valence-electron chi connectivity index (χ2n) is 4.60. The number of hydrogen-bond acceptors (Lipinski definition) is 3. The Bertz CT molecular complexity index is 280. The van der Waals surface area contributed by atoms with Gasteiger partial charge in [0.1, 0.15) is 0 Å². The lowest BCUT2D eigenvalue weighted by Gasteiger charge is -2.25. The van der Waals surface area contributed by atoms with E-state index in [2.05, 4.69) is 19.2 Å². The van der Waals surface area contributed by atoms with Crippen LogP contribution in [0.2, 0.25) is 0 Å². The highest BCUT2D eigenvalue weighted by Gasteiger charge is 2.17. The van der Waals surface area contributed by atoms with E-state index in [4.69, 9.17) is 10.2 Å². The Labute approximate surface area is 114 Å². The van der Waals surface area contributed by atoms with Gasteiger partial charge in [-0.25, -0.2) is 9.59 Å². The third-order valence-corrected chi connectivity index (χ3v) is 3.28. The zero-order chi connectivity index (χ0) is 14.8. The number of urea groups is 1. The molecule has 0 spiro atoms. The van der Waals surface area contributed by atoms with Crippen LogP contribution in [0.3, 0.4) is 0 Å². The summed E-state index contributed by atoms with van der Waals surface area (Å²) in [6, 6.07) is -0.202. The highest BCUT2D eigenvalue weighted by Crippen LogP contribution is 2.09. The van der Waals surface area contributed by atoms with Crippen molar-refractivity contribution in [2.75, 3.05) is 19.6 Å². The fraction of sp³-hybridized carbons (Fsp3) is 0.846. The quantitative estimate of drug-likeness (QED) is 0.591. The van der Waals surface area contributed by atoms with Gasteiger partial charge >= 0.3 is 12.0 Å². The first-order valence-electron chi connectivity index (χ1n) is 6.89. The van der Waals surface area contributed by atoms with E-state index in [9.17, 15) is 9.59 Å². The average molecular weight is 274 g/mol. The van der Waals surface area contributed by atoms with Crippen molar-refractivity contribution in [2.24, 2.45) is 5.92 Å². The van der Waals surface area contributed by atoms with E-state index in [-0.39, 0.29) is 19.0 Å². The summed E-state index contributed by atoms with van der Waals surface area (Å²) >= 11 is 0. The minimum absolute atomic E-state index is 0.0175. The number of nitrogens with one attached hydrogen (secondary N) is 1. The predicted octanol–water partition coefficient (Wildman–Crippen LogP) is 1.29. The number of aliphatic hydroxyl groups excluding tert-OH is 1. The summed E-state index contributed by atoms with van der Waals surface area (Å²) in [4.78, 5) is 24.0. The molecule has 6 nitrogen and oxygen atoms in total. The molecule has 0 aromatic rings. The van der Waals surface area contributed by atoms with E-state index in [1.54, 1.807) is 4.90 Å². The molecule has 0 saturated heterocycles. The molecule has 0 bridgehead atoms.